The van der Waals surface area contributed by atoms with E-state index in [2.05, 4.69) is 35.9 Å². The Kier molecular flexibility index (Phi) is 7.01. The molecule has 1 aliphatic rings. The summed E-state index contributed by atoms with van der Waals surface area (Å²) < 4.78 is 0. The Balaban J connectivity index is 0.00000264. The zero-order chi connectivity index (χ0) is 16.3. The van der Waals surface area contributed by atoms with Crippen LogP contribution in [0.15, 0.2) is 41.8 Å². The van der Waals surface area contributed by atoms with Gasteiger partial charge in [-0.3, -0.25) is 9.78 Å². The summed E-state index contributed by atoms with van der Waals surface area (Å²) in [7, 11) is 0. The summed E-state index contributed by atoms with van der Waals surface area (Å²) in [6.45, 7) is 11.5. The number of halogens is 1. The summed E-state index contributed by atoms with van der Waals surface area (Å²) >= 11 is 0. The molecule has 0 radical (unpaired) electrons. The van der Waals surface area contributed by atoms with Crippen LogP contribution in [0.5, 0.6) is 0 Å². The Hall–Kier alpha value is -1.62. The van der Waals surface area contributed by atoms with Gasteiger partial charge in [-0.05, 0) is 40.7 Å². The molecule has 126 valence electrons. The van der Waals surface area contributed by atoms with E-state index < -0.39 is 0 Å². The van der Waals surface area contributed by atoms with Gasteiger partial charge in [0, 0.05) is 19.3 Å². The summed E-state index contributed by atoms with van der Waals surface area (Å²) in [6, 6.07) is 1.82. The Bertz CT molecular complexity index is 616. The number of anilines is 2. The molecule has 1 amide bonds. The minimum atomic E-state index is -0.170. The maximum atomic E-state index is 12.8. The first-order valence-corrected chi connectivity index (χ1v) is 7.70. The molecule has 1 aromatic heterocycles. The number of nitrogens with zero attached hydrogens (tertiary/aromatic N) is 3. The molecule has 0 bridgehead atoms. The van der Waals surface area contributed by atoms with Gasteiger partial charge in [-0.15, -0.1) is 17.0 Å². The number of carbonyl (C=O) groups excluding carboxylic acids is 1. The summed E-state index contributed by atoms with van der Waals surface area (Å²) in [4.78, 5) is 20.9. The summed E-state index contributed by atoms with van der Waals surface area (Å²) in [5.74, 6) is 0.125. The molecule has 0 N–H and O–H groups in total. The van der Waals surface area contributed by atoms with Crippen LogP contribution < -0.4 is 9.80 Å². The molecule has 4 nitrogen and oxygen atoms in total. The molecule has 0 spiro atoms. The Labute approximate surface area is 149 Å². The van der Waals surface area contributed by atoms with Gasteiger partial charge in [-0.2, -0.15) is 0 Å². The molecule has 1 atom stereocenters. The fourth-order valence-corrected chi connectivity index (χ4v) is 2.52. The maximum Gasteiger partial charge on any atom is 0.249 e. The molecule has 23 heavy (non-hydrogen) atoms. The van der Waals surface area contributed by atoms with E-state index >= 15 is 0 Å². The molecule has 0 aliphatic carbocycles. The van der Waals surface area contributed by atoms with E-state index in [0.29, 0.717) is 6.54 Å². The number of carbonyl (C=O) groups is 1. The number of pyridine rings is 1. The zero-order valence-electron chi connectivity index (χ0n) is 14.5. The summed E-state index contributed by atoms with van der Waals surface area (Å²) in [5.41, 5.74) is 4.42. The van der Waals surface area contributed by atoms with E-state index in [1.807, 2.05) is 31.7 Å². The van der Waals surface area contributed by atoms with Gasteiger partial charge in [0.1, 0.15) is 6.04 Å². The highest BCUT2D eigenvalue weighted by molar-refractivity contribution is 8.93. The monoisotopic (exact) mass is 379 g/mol. The second-order valence-electron chi connectivity index (χ2n) is 6.20. The van der Waals surface area contributed by atoms with Gasteiger partial charge in [0.05, 0.1) is 17.6 Å². The van der Waals surface area contributed by atoms with Crippen molar-refractivity contribution >= 4 is 34.3 Å². The average molecular weight is 380 g/mol. The number of rotatable bonds is 4. The minimum Gasteiger partial charge on any atom is -0.354 e. The highest BCUT2D eigenvalue weighted by Gasteiger charge is 2.34. The standard InChI is InChI=1S/C18H25N3O.BrH/c1-13(2)7-10-20-15(5)18(22)21(11-8-14(3)4)17-12-19-9-6-16(17)20;/h6-9,12,15H,10-11H2,1-5H3;1H/t15-;/m0./s1. The number of hydrogen-bond donors (Lipinski definition) is 0. The van der Waals surface area contributed by atoms with E-state index in [-0.39, 0.29) is 28.9 Å². The van der Waals surface area contributed by atoms with Crippen molar-refractivity contribution in [1.29, 1.82) is 0 Å². The van der Waals surface area contributed by atoms with Crippen LogP contribution in [0.3, 0.4) is 0 Å². The number of fused-ring (bicyclic) bond motifs is 1. The fourth-order valence-electron chi connectivity index (χ4n) is 2.52. The van der Waals surface area contributed by atoms with E-state index in [9.17, 15) is 4.79 Å². The lowest BCUT2D eigenvalue weighted by molar-refractivity contribution is -0.119. The SMILES string of the molecule is Br.CC(C)=CCN1C(=O)[C@H](C)N(CC=C(C)C)c2ccncc21. The van der Waals surface area contributed by atoms with Crippen molar-refractivity contribution in [2.45, 2.75) is 40.7 Å². The van der Waals surface area contributed by atoms with Gasteiger partial charge in [-0.1, -0.05) is 23.3 Å². The molecular formula is C18H26BrN3O. The Morgan fingerprint density at radius 1 is 1.13 bits per heavy atom. The Morgan fingerprint density at radius 2 is 1.74 bits per heavy atom. The van der Waals surface area contributed by atoms with E-state index in [1.54, 1.807) is 12.4 Å². The van der Waals surface area contributed by atoms with Crippen molar-refractivity contribution in [2.75, 3.05) is 22.9 Å². The molecule has 0 fully saturated rings. The van der Waals surface area contributed by atoms with Crippen molar-refractivity contribution in [1.82, 2.24) is 4.98 Å². The van der Waals surface area contributed by atoms with Crippen LogP contribution in [0.2, 0.25) is 0 Å². The van der Waals surface area contributed by atoms with Gasteiger partial charge in [0.25, 0.3) is 0 Å². The van der Waals surface area contributed by atoms with Crippen LogP contribution in [0.4, 0.5) is 11.4 Å². The third-order valence-electron chi connectivity index (χ3n) is 3.85. The minimum absolute atomic E-state index is 0. The van der Waals surface area contributed by atoms with Crippen LogP contribution in [-0.4, -0.2) is 30.0 Å². The van der Waals surface area contributed by atoms with Gasteiger partial charge in [0.15, 0.2) is 0 Å². The molecule has 0 saturated heterocycles. The number of allylic oxidation sites excluding steroid dienone is 2. The second kappa shape index (κ2) is 8.29. The largest absolute Gasteiger partial charge is 0.354 e. The summed E-state index contributed by atoms with van der Waals surface area (Å²) in [6.07, 6.45) is 7.80. The average Bonchev–Trinajstić information content (AvgIpc) is 2.47. The van der Waals surface area contributed by atoms with Gasteiger partial charge < -0.3 is 9.80 Å². The lowest BCUT2D eigenvalue weighted by Gasteiger charge is -2.40. The normalized spacial score (nSPS) is 16.4. The third kappa shape index (κ3) is 4.44. The van der Waals surface area contributed by atoms with Crippen LogP contribution >= 0.6 is 17.0 Å². The topological polar surface area (TPSA) is 36.4 Å². The van der Waals surface area contributed by atoms with E-state index in [1.165, 1.54) is 11.1 Å². The molecule has 0 saturated carbocycles. The molecule has 0 unspecified atom stereocenters. The molecule has 5 heteroatoms. The van der Waals surface area contributed by atoms with Crippen molar-refractivity contribution < 1.29 is 4.79 Å². The first-order valence-electron chi connectivity index (χ1n) is 7.70. The fraction of sp³-hybridized carbons (Fsp3) is 0.444. The van der Waals surface area contributed by atoms with Crippen molar-refractivity contribution in [3.8, 4) is 0 Å². The lowest BCUT2D eigenvalue weighted by atomic mass is 10.1. The molecule has 1 aliphatic heterocycles. The van der Waals surface area contributed by atoms with Gasteiger partial charge >= 0.3 is 0 Å². The number of aromatic nitrogens is 1. The second-order valence-corrected chi connectivity index (χ2v) is 6.20. The molecule has 2 heterocycles. The molecule has 0 aromatic carbocycles. The third-order valence-corrected chi connectivity index (χ3v) is 3.85. The smallest absolute Gasteiger partial charge is 0.249 e. The predicted octanol–water partition coefficient (Wildman–Crippen LogP) is 4.13. The maximum absolute atomic E-state index is 12.8. The van der Waals surface area contributed by atoms with E-state index in [4.69, 9.17) is 0 Å². The predicted molar refractivity (Wildman–Crippen MR) is 103 cm³/mol. The summed E-state index contributed by atoms with van der Waals surface area (Å²) in [5, 5.41) is 0. The highest BCUT2D eigenvalue weighted by atomic mass is 79.9. The van der Waals surface area contributed by atoms with Gasteiger partial charge in [-0.25, -0.2) is 0 Å². The quantitative estimate of drug-likeness (QED) is 0.737. The zero-order valence-corrected chi connectivity index (χ0v) is 16.2. The van der Waals surface area contributed by atoms with Crippen LogP contribution in [-0.2, 0) is 4.79 Å². The molecule has 2 rings (SSSR count). The van der Waals surface area contributed by atoms with Crippen molar-refractivity contribution in [3.05, 3.63) is 41.8 Å². The molecular weight excluding hydrogens is 354 g/mol. The highest BCUT2D eigenvalue weighted by Crippen LogP contribution is 2.35. The Morgan fingerprint density at radius 3 is 2.35 bits per heavy atom. The van der Waals surface area contributed by atoms with Gasteiger partial charge in [0.2, 0.25) is 5.91 Å². The number of hydrogen-bond acceptors (Lipinski definition) is 3. The first kappa shape index (κ1) is 19.4. The van der Waals surface area contributed by atoms with Crippen LogP contribution in [0.1, 0.15) is 34.6 Å². The number of amides is 1. The molecule has 1 aromatic rings. The van der Waals surface area contributed by atoms with Crippen LogP contribution in [0, 0.1) is 0 Å². The first-order chi connectivity index (χ1) is 10.4. The van der Waals surface area contributed by atoms with E-state index in [0.717, 1.165) is 17.9 Å². The van der Waals surface area contributed by atoms with Crippen LogP contribution in [0.25, 0.3) is 0 Å². The van der Waals surface area contributed by atoms with Crippen molar-refractivity contribution in [2.24, 2.45) is 0 Å². The van der Waals surface area contributed by atoms with Crippen molar-refractivity contribution in [3.63, 3.8) is 0 Å². The lowest BCUT2D eigenvalue weighted by Crippen LogP contribution is -2.52.